The van der Waals surface area contributed by atoms with Gasteiger partial charge in [-0.05, 0) is 0 Å². The smallest absolute Gasteiger partial charge is 0.790 e. The summed E-state index contributed by atoms with van der Waals surface area (Å²) in [7, 11) is -17.6. The zero-order chi connectivity index (χ0) is 10.9. The molecule has 0 radical (unpaired) electrons. The molecular formula is HBaCdO10P3. The molecule has 0 fully saturated rings. The molecular weight excluding hydrogens is 503 g/mol. The van der Waals surface area contributed by atoms with Crippen molar-refractivity contribution in [1.82, 2.24) is 0 Å². The molecule has 0 aromatic carbocycles. The van der Waals surface area contributed by atoms with Gasteiger partial charge in [-0.15, -0.1) is 0 Å². The van der Waals surface area contributed by atoms with Gasteiger partial charge in [0.2, 0.25) is 0 Å². The minimum absolute atomic E-state index is 0. The fourth-order valence-corrected chi connectivity index (χ4v) is 2.64. The SMILES string of the molecule is O=P([O-])([O-])OP(=O)([O-])OP(=O)([O-])O.[Ba+2].[Cd+2]. The van der Waals surface area contributed by atoms with Gasteiger partial charge in [0.15, 0.2) is 0 Å². The fraction of sp³-hybridized carbons (Fsp3) is 0. The van der Waals surface area contributed by atoms with Crippen LogP contribution >= 0.6 is 23.5 Å². The van der Waals surface area contributed by atoms with E-state index in [0.29, 0.717) is 0 Å². The van der Waals surface area contributed by atoms with Gasteiger partial charge in [-0.1, -0.05) is 0 Å². The van der Waals surface area contributed by atoms with Crippen LogP contribution in [0.3, 0.4) is 0 Å². The van der Waals surface area contributed by atoms with E-state index in [0.717, 1.165) is 0 Å². The third-order valence-corrected chi connectivity index (χ3v) is 3.63. The van der Waals surface area contributed by atoms with Crippen LogP contribution in [0, 0.1) is 0 Å². The van der Waals surface area contributed by atoms with Crippen LogP contribution in [0.5, 0.6) is 0 Å². The van der Waals surface area contributed by atoms with Crippen molar-refractivity contribution in [2.45, 2.75) is 0 Å². The van der Waals surface area contributed by atoms with Crippen LogP contribution in [0.4, 0.5) is 0 Å². The third-order valence-electron chi connectivity index (χ3n) is 0.403. The van der Waals surface area contributed by atoms with Crippen molar-refractivity contribution < 1.29 is 74.1 Å². The van der Waals surface area contributed by atoms with Gasteiger partial charge in [0, 0.05) is 0 Å². The molecule has 0 aliphatic heterocycles. The van der Waals surface area contributed by atoms with E-state index in [9.17, 15) is 33.3 Å². The Kier molecular flexibility index (Phi) is 12.5. The summed E-state index contributed by atoms with van der Waals surface area (Å²) in [5, 5.41) is 0. The largest absolute Gasteiger partial charge is 2.00 e. The van der Waals surface area contributed by atoms with Gasteiger partial charge in [0.05, 0.1) is 7.82 Å². The summed E-state index contributed by atoms with van der Waals surface area (Å²) in [6.07, 6.45) is 0. The predicted molar refractivity (Wildman–Crippen MR) is 33.0 cm³/mol. The summed E-state index contributed by atoms with van der Waals surface area (Å²) in [6.45, 7) is 0. The van der Waals surface area contributed by atoms with Gasteiger partial charge in [0.1, 0.15) is 0 Å². The Morgan fingerprint density at radius 1 is 0.933 bits per heavy atom. The molecule has 0 aromatic rings. The first-order chi connectivity index (χ1) is 5.41. The topological polar surface area (TPSA) is 182 Å². The summed E-state index contributed by atoms with van der Waals surface area (Å²) >= 11 is 0. The zero-order valence-electron chi connectivity index (χ0n) is 6.88. The summed E-state index contributed by atoms with van der Waals surface area (Å²) in [5.41, 5.74) is 0. The van der Waals surface area contributed by atoms with E-state index in [1.54, 1.807) is 0 Å². The van der Waals surface area contributed by atoms with Crippen molar-refractivity contribution in [2.24, 2.45) is 0 Å². The first-order valence-electron chi connectivity index (χ1n) is 2.21. The molecule has 0 heterocycles. The first kappa shape index (κ1) is 23.0. The monoisotopic (exact) mass is 506 g/mol. The van der Waals surface area contributed by atoms with Gasteiger partial charge in [-0.3, -0.25) is 13.4 Å². The predicted octanol–water partition coefficient (Wildman–Crippen LogP) is -3.61. The molecule has 80 valence electrons. The molecule has 0 saturated heterocycles. The normalized spacial score (nSPS) is 19.0. The van der Waals surface area contributed by atoms with Gasteiger partial charge < -0.3 is 29.0 Å². The molecule has 0 aliphatic carbocycles. The maximum absolute atomic E-state index is 10.1. The van der Waals surface area contributed by atoms with E-state index >= 15 is 0 Å². The Labute approximate surface area is 144 Å². The minimum atomic E-state index is -5.95. The van der Waals surface area contributed by atoms with Crippen molar-refractivity contribution in [1.29, 1.82) is 0 Å². The van der Waals surface area contributed by atoms with Crippen LogP contribution in [-0.4, -0.2) is 53.8 Å². The Morgan fingerprint density at radius 2 is 1.27 bits per heavy atom. The van der Waals surface area contributed by atoms with Gasteiger partial charge in [0.25, 0.3) is 15.6 Å². The molecule has 0 amide bonds. The molecule has 0 saturated carbocycles. The number of hydrogen-bond acceptors (Lipinski definition) is 9. The van der Waals surface area contributed by atoms with Crippen LogP contribution in [-0.2, 0) is 49.6 Å². The molecule has 2 atom stereocenters. The van der Waals surface area contributed by atoms with E-state index in [1.165, 1.54) is 0 Å². The molecule has 2 unspecified atom stereocenters. The zero-order valence-corrected chi connectivity index (χ0v) is 18.0. The van der Waals surface area contributed by atoms with Gasteiger partial charge in [-0.25, -0.2) is 4.31 Å². The number of rotatable bonds is 4. The summed E-state index contributed by atoms with van der Waals surface area (Å²) < 4.78 is 35.0. The maximum Gasteiger partial charge on any atom is 2.00 e. The molecule has 0 aliphatic rings. The van der Waals surface area contributed by atoms with E-state index in [1.807, 2.05) is 0 Å². The van der Waals surface area contributed by atoms with Crippen LogP contribution in [0.25, 0.3) is 0 Å². The van der Waals surface area contributed by atoms with Crippen LogP contribution < -0.4 is 19.6 Å². The number of phosphoric acid groups is 3. The maximum atomic E-state index is 10.1. The van der Waals surface area contributed by atoms with Crippen molar-refractivity contribution in [3.05, 3.63) is 0 Å². The van der Waals surface area contributed by atoms with Crippen LogP contribution in [0.1, 0.15) is 0 Å². The van der Waals surface area contributed by atoms with E-state index in [-0.39, 0.29) is 76.2 Å². The standard InChI is InChI=1S/Ba.Cd.H5O10P3/c;;1-11(2,3)9-13(7,8)10-12(4,5)6/h;;(H,7,8)(H2,1,2,3)(H2,4,5,6)/q2*+2;/p-4. The van der Waals surface area contributed by atoms with E-state index in [2.05, 4.69) is 8.62 Å². The summed E-state index contributed by atoms with van der Waals surface area (Å²) in [4.78, 5) is 47.0. The van der Waals surface area contributed by atoms with Gasteiger partial charge >= 0.3 is 76.2 Å². The fourth-order valence-electron chi connectivity index (χ4n) is 0.264. The molecule has 0 bridgehead atoms. The minimum Gasteiger partial charge on any atom is -0.790 e. The molecule has 10 nitrogen and oxygen atoms in total. The first-order valence-corrected chi connectivity index (χ1v) is 6.62. The Bertz CT molecular complexity index is 283. The Hall–Kier alpha value is 2.90. The van der Waals surface area contributed by atoms with Crippen LogP contribution in [0.2, 0.25) is 0 Å². The Morgan fingerprint density at radius 3 is 1.47 bits per heavy atom. The molecule has 1 N–H and O–H groups in total. The van der Waals surface area contributed by atoms with Gasteiger partial charge in [-0.2, -0.15) is 0 Å². The summed E-state index contributed by atoms with van der Waals surface area (Å²) in [5.74, 6) is 0. The van der Waals surface area contributed by atoms with E-state index < -0.39 is 23.5 Å². The quantitative estimate of drug-likeness (QED) is 0.297. The van der Waals surface area contributed by atoms with Crippen molar-refractivity contribution >= 4 is 72.3 Å². The Balaban J connectivity index is -0.000000720. The molecule has 0 aromatic heterocycles. The average Bonchev–Trinajstić information content (AvgIpc) is 1.43. The molecule has 0 spiro atoms. The molecule has 0 rings (SSSR count). The number of hydrogen-bond donors (Lipinski definition) is 1. The summed E-state index contributed by atoms with van der Waals surface area (Å²) in [6, 6.07) is 0. The average molecular weight is 504 g/mol. The second-order valence-electron chi connectivity index (χ2n) is 1.53. The third kappa shape index (κ3) is 16.9. The second kappa shape index (κ2) is 8.15. The van der Waals surface area contributed by atoms with Crippen LogP contribution in [0.15, 0.2) is 0 Å². The molecule has 15 heteroatoms. The second-order valence-corrected chi connectivity index (χ2v) is 5.56. The van der Waals surface area contributed by atoms with E-state index in [4.69, 9.17) is 4.89 Å². The van der Waals surface area contributed by atoms with Crippen molar-refractivity contribution in [2.75, 3.05) is 0 Å². The van der Waals surface area contributed by atoms with Crippen molar-refractivity contribution in [3.8, 4) is 0 Å². The van der Waals surface area contributed by atoms with Crippen molar-refractivity contribution in [3.63, 3.8) is 0 Å². The molecule has 15 heavy (non-hydrogen) atoms.